The van der Waals surface area contributed by atoms with Crippen molar-refractivity contribution in [1.29, 1.82) is 0 Å². The number of nitrogens with zero attached hydrogens (tertiary/aromatic N) is 6. The Morgan fingerprint density at radius 3 is 2.60 bits per heavy atom. The number of anilines is 3. The average molecular weight is 461 g/mol. The van der Waals surface area contributed by atoms with Gasteiger partial charge in [-0.15, -0.1) is 0 Å². The van der Waals surface area contributed by atoms with Crippen molar-refractivity contribution in [1.82, 2.24) is 29.3 Å². The number of aromatic nitrogens is 6. The summed E-state index contributed by atoms with van der Waals surface area (Å²) in [6.07, 6.45) is 7.35. The fourth-order valence-electron chi connectivity index (χ4n) is 4.50. The van der Waals surface area contributed by atoms with Crippen LogP contribution < -0.4 is 10.6 Å². The molecular weight excluding hydrogens is 436 g/mol. The van der Waals surface area contributed by atoms with Crippen LogP contribution in [0.5, 0.6) is 0 Å². The predicted molar refractivity (Wildman–Crippen MR) is 140 cm³/mol. The second kappa shape index (κ2) is 8.25. The SMILES string of the molecule is CNc1ncc2cc(-c3c(C)ccc4c(Nc5ccc(-n6ccnc6)cc5)nn(C)c34)ccc2n1. The summed E-state index contributed by atoms with van der Waals surface area (Å²) < 4.78 is 3.92. The molecule has 3 aromatic carbocycles. The van der Waals surface area contributed by atoms with E-state index in [2.05, 4.69) is 68.9 Å². The van der Waals surface area contributed by atoms with Crippen LogP contribution in [-0.2, 0) is 7.05 Å². The van der Waals surface area contributed by atoms with Crippen molar-refractivity contribution in [3.05, 3.63) is 85.1 Å². The molecule has 0 aliphatic carbocycles. The zero-order valence-electron chi connectivity index (χ0n) is 19.7. The molecular formula is C27H24N8. The van der Waals surface area contributed by atoms with Crippen LogP contribution in [0.4, 0.5) is 17.5 Å². The molecule has 3 aromatic heterocycles. The van der Waals surface area contributed by atoms with Crippen molar-refractivity contribution in [3.8, 4) is 16.8 Å². The van der Waals surface area contributed by atoms with Gasteiger partial charge in [0.1, 0.15) is 0 Å². The van der Waals surface area contributed by atoms with Crippen molar-refractivity contribution < 1.29 is 0 Å². The van der Waals surface area contributed by atoms with Crippen LogP contribution in [0.25, 0.3) is 38.6 Å². The van der Waals surface area contributed by atoms with Gasteiger partial charge in [0.2, 0.25) is 5.95 Å². The Hall–Kier alpha value is -4.72. The molecule has 0 saturated heterocycles. The quantitative estimate of drug-likeness (QED) is 0.355. The van der Waals surface area contributed by atoms with Crippen molar-refractivity contribution in [3.63, 3.8) is 0 Å². The minimum Gasteiger partial charge on any atom is -0.357 e. The van der Waals surface area contributed by atoms with E-state index >= 15 is 0 Å². The van der Waals surface area contributed by atoms with Crippen LogP contribution in [0.1, 0.15) is 5.56 Å². The summed E-state index contributed by atoms with van der Waals surface area (Å²) >= 11 is 0. The van der Waals surface area contributed by atoms with Gasteiger partial charge in [0.05, 0.1) is 17.4 Å². The lowest BCUT2D eigenvalue weighted by Gasteiger charge is -2.11. The molecule has 0 saturated carbocycles. The molecule has 35 heavy (non-hydrogen) atoms. The third-order valence-electron chi connectivity index (χ3n) is 6.24. The Morgan fingerprint density at radius 2 is 1.83 bits per heavy atom. The van der Waals surface area contributed by atoms with Gasteiger partial charge < -0.3 is 15.2 Å². The maximum atomic E-state index is 4.83. The lowest BCUT2D eigenvalue weighted by molar-refractivity contribution is 0.801. The second-order valence-electron chi connectivity index (χ2n) is 8.48. The summed E-state index contributed by atoms with van der Waals surface area (Å²) in [4.78, 5) is 13.0. The van der Waals surface area contributed by atoms with E-state index in [1.54, 1.807) is 12.5 Å². The smallest absolute Gasteiger partial charge is 0.222 e. The van der Waals surface area contributed by atoms with Crippen molar-refractivity contribution in [2.75, 3.05) is 17.7 Å². The van der Waals surface area contributed by atoms with Gasteiger partial charge in [-0.3, -0.25) is 4.68 Å². The van der Waals surface area contributed by atoms with Crippen LogP contribution >= 0.6 is 0 Å². The van der Waals surface area contributed by atoms with E-state index < -0.39 is 0 Å². The van der Waals surface area contributed by atoms with E-state index in [9.17, 15) is 0 Å². The highest BCUT2D eigenvalue weighted by Gasteiger charge is 2.16. The van der Waals surface area contributed by atoms with Crippen molar-refractivity contribution >= 4 is 39.3 Å². The first-order chi connectivity index (χ1) is 17.1. The number of hydrogen-bond donors (Lipinski definition) is 2. The minimum atomic E-state index is 0.615. The van der Waals surface area contributed by atoms with Crippen LogP contribution in [-0.4, -0.2) is 36.3 Å². The van der Waals surface area contributed by atoms with Gasteiger partial charge >= 0.3 is 0 Å². The lowest BCUT2D eigenvalue weighted by atomic mass is 9.96. The molecule has 172 valence electrons. The Morgan fingerprint density at radius 1 is 0.971 bits per heavy atom. The highest BCUT2D eigenvalue weighted by molar-refractivity contribution is 6.03. The molecule has 8 nitrogen and oxygen atoms in total. The molecule has 0 radical (unpaired) electrons. The van der Waals surface area contributed by atoms with Gasteiger partial charge in [-0.25, -0.2) is 15.0 Å². The molecule has 0 fully saturated rings. The Labute approximate surface area is 202 Å². The van der Waals surface area contributed by atoms with E-state index in [0.717, 1.165) is 50.1 Å². The molecule has 6 rings (SSSR count). The van der Waals surface area contributed by atoms with Crippen LogP contribution in [0.15, 0.2) is 79.5 Å². The van der Waals surface area contributed by atoms with Gasteiger partial charge in [-0.2, -0.15) is 5.10 Å². The highest BCUT2D eigenvalue weighted by atomic mass is 15.3. The van der Waals surface area contributed by atoms with E-state index in [-0.39, 0.29) is 0 Å². The Balaban J connectivity index is 1.40. The number of imidazole rings is 1. The normalized spacial score (nSPS) is 11.3. The third-order valence-corrected chi connectivity index (χ3v) is 6.24. The minimum absolute atomic E-state index is 0.615. The third kappa shape index (κ3) is 3.65. The van der Waals surface area contributed by atoms with E-state index in [1.807, 2.05) is 53.9 Å². The number of rotatable bonds is 5. The monoisotopic (exact) mass is 460 g/mol. The summed E-state index contributed by atoms with van der Waals surface area (Å²) in [5.41, 5.74) is 7.46. The number of aryl methyl sites for hydroxylation is 2. The zero-order valence-corrected chi connectivity index (χ0v) is 19.7. The van der Waals surface area contributed by atoms with Gasteiger partial charge in [0, 0.05) is 60.4 Å². The molecule has 0 unspecified atom stereocenters. The lowest BCUT2D eigenvalue weighted by Crippen LogP contribution is -1.97. The predicted octanol–water partition coefficient (Wildman–Crippen LogP) is 5.46. The molecule has 2 N–H and O–H groups in total. The first kappa shape index (κ1) is 20.9. The number of hydrogen-bond acceptors (Lipinski definition) is 6. The van der Waals surface area contributed by atoms with E-state index in [1.165, 1.54) is 5.56 Å². The second-order valence-corrected chi connectivity index (χ2v) is 8.48. The van der Waals surface area contributed by atoms with Crippen LogP contribution in [0, 0.1) is 6.92 Å². The topological polar surface area (TPSA) is 85.5 Å². The first-order valence-electron chi connectivity index (χ1n) is 11.4. The maximum Gasteiger partial charge on any atom is 0.222 e. The average Bonchev–Trinajstić information content (AvgIpc) is 3.53. The molecule has 0 bridgehead atoms. The molecule has 8 heteroatoms. The highest BCUT2D eigenvalue weighted by Crippen LogP contribution is 2.36. The van der Waals surface area contributed by atoms with Crippen molar-refractivity contribution in [2.24, 2.45) is 7.05 Å². The molecule has 3 heterocycles. The number of fused-ring (bicyclic) bond motifs is 2. The summed E-state index contributed by atoms with van der Waals surface area (Å²) in [6, 6.07) is 18.8. The number of nitrogens with one attached hydrogen (secondary N) is 2. The largest absolute Gasteiger partial charge is 0.357 e. The standard InChI is InChI=1S/C27H24N8/c1-17-4-10-22-25(24(17)18-5-11-23-19(14-18)15-30-27(28-2)32-23)34(3)33-26(22)31-20-6-8-21(9-7-20)35-13-12-29-16-35/h4-16H,1-3H3,(H,31,33)(H,28,30,32). The molecule has 0 amide bonds. The van der Waals surface area contributed by atoms with Crippen molar-refractivity contribution in [2.45, 2.75) is 6.92 Å². The maximum absolute atomic E-state index is 4.83. The van der Waals surface area contributed by atoms with Crippen LogP contribution in [0.3, 0.4) is 0 Å². The summed E-state index contributed by atoms with van der Waals surface area (Å²) in [5, 5.41) is 13.4. The zero-order chi connectivity index (χ0) is 23.9. The van der Waals surface area contributed by atoms with E-state index in [0.29, 0.717) is 5.95 Å². The molecule has 0 spiro atoms. The molecule has 0 aliphatic rings. The summed E-state index contributed by atoms with van der Waals surface area (Å²) in [6.45, 7) is 2.13. The number of benzene rings is 3. The fraction of sp³-hybridized carbons (Fsp3) is 0.111. The summed E-state index contributed by atoms with van der Waals surface area (Å²) in [5.74, 6) is 1.44. The van der Waals surface area contributed by atoms with Gasteiger partial charge in [-0.1, -0.05) is 12.1 Å². The first-order valence-corrected chi connectivity index (χ1v) is 11.4. The Bertz CT molecular complexity index is 1660. The van der Waals surface area contributed by atoms with Gasteiger partial charge in [-0.05, 0) is 60.5 Å². The van der Waals surface area contributed by atoms with E-state index in [4.69, 9.17) is 5.10 Å². The van der Waals surface area contributed by atoms with Gasteiger partial charge in [0.25, 0.3) is 0 Å². The molecule has 0 aliphatic heterocycles. The molecule has 0 atom stereocenters. The van der Waals surface area contributed by atoms with Gasteiger partial charge in [0.15, 0.2) is 5.82 Å². The van der Waals surface area contributed by atoms with Crippen LogP contribution in [0.2, 0.25) is 0 Å². The fourth-order valence-corrected chi connectivity index (χ4v) is 4.50. The summed E-state index contributed by atoms with van der Waals surface area (Å²) in [7, 11) is 3.81. The Kier molecular flexibility index (Phi) is 4.92. The molecule has 6 aromatic rings.